The summed E-state index contributed by atoms with van der Waals surface area (Å²) in [6.07, 6.45) is 3.38. The molecule has 0 spiro atoms. The maximum Gasteiger partial charge on any atom is 0.333 e. The van der Waals surface area contributed by atoms with Crippen molar-refractivity contribution in [3.63, 3.8) is 0 Å². The van der Waals surface area contributed by atoms with Crippen LogP contribution in [0.25, 0.3) is 0 Å². The Balaban J connectivity index is 5.83. The Kier molecular flexibility index (Phi) is 6.77. The van der Waals surface area contributed by atoms with Crippen molar-refractivity contribution in [1.82, 2.24) is 4.90 Å². The molecular weight excluding hydrogens is 286 g/mol. The summed E-state index contributed by atoms with van der Waals surface area (Å²) in [6.45, 7) is 12.0. The van der Waals surface area contributed by atoms with E-state index in [2.05, 4.69) is 6.58 Å². The Morgan fingerprint density at radius 3 is 2.00 bits per heavy atom. The van der Waals surface area contributed by atoms with Gasteiger partial charge in [-0.3, -0.25) is 4.79 Å². The number of hydrogen-bond acceptors (Lipinski definition) is 3. The van der Waals surface area contributed by atoms with Crippen LogP contribution in [0.4, 0.5) is 0 Å². The van der Waals surface area contributed by atoms with Crippen molar-refractivity contribution in [1.29, 1.82) is 0 Å². The summed E-state index contributed by atoms with van der Waals surface area (Å²) >= 11 is 0. The third-order valence-electron chi connectivity index (χ3n) is 2.84. The first-order valence-corrected chi connectivity index (χ1v) is 6.73. The fraction of sp³-hybridized carbons (Fsp3) is 0.438. The normalized spacial score (nSPS) is 13.8. The van der Waals surface area contributed by atoms with Crippen molar-refractivity contribution >= 4 is 17.8 Å². The van der Waals surface area contributed by atoms with Crippen molar-refractivity contribution in [2.24, 2.45) is 5.92 Å². The van der Waals surface area contributed by atoms with Crippen LogP contribution in [-0.4, -0.2) is 38.5 Å². The first kappa shape index (κ1) is 19.6. The molecule has 22 heavy (non-hydrogen) atoms. The molecule has 6 nitrogen and oxygen atoms in total. The Morgan fingerprint density at radius 1 is 1.18 bits per heavy atom. The number of carbonyl (C=O) groups is 3. The van der Waals surface area contributed by atoms with Gasteiger partial charge in [-0.1, -0.05) is 19.6 Å². The average molecular weight is 309 g/mol. The molecule has 1 amide bonds. The highest BCUT2D eigenvalue weighted by atomic mass is 16.4. The van der Waals surface area contributed by atoms with E-state index < -0.39 is 23.4 Å². The summed E-state index contributed by atoms with van der Waals surface area (Å²) in [4.78, 5) is 35.5. The van der Waals surface area contributed by atoms with Crippen LogP contribution in [0, 0.1) is 5.92 Å². The number of carbonyl (C=O) groups excluding carboxylic acids is 1. The molecule has 0 aromatic carbocycles. The molecule has 0 aliphatic carbocycles. The minimum absolute atomic E-state index is 0.0815. The Bertz CT molecular complexity index is 537. The standard InChI is InChI=1S/C16H23NO5/c1-10(2)14(20)17(16(4,5)6)9-12(15(21)22)11(3)7-8-13(18)19/h7-9,11H,1H2,2-6H3,(H,18,19)(H,21,22). The van der Waals surface area contributed by atoms with Gasteiger partial charge in [-0.2, -0.15) is 0 Å². The lowest BCUT2D eigenvalue weighted by Crippen LogP contribution is -2.42. The number of amides is 1. The molecule has 0 saturated carbocycles. The molecule has 0 rings (SSSR count). The molecule has 0 aliphatic rings. The molecule has 0 bridgehead atoms. The Morgan fingerprint density at radius 2 is 1.68 bits per heavy atom. The second-order valence-electron chi connectivity index (χ2n) is 6.00. The summed E-state index contributed by atoms with van der Waals surface area (Å²) in [5.74, 6) is -3.44. The number of nitrogens with zero attached hydrogens (tertiary/aromatic N) is 1. The van der Waals surface area contributed by atoms with Crippen molar-refractivity contribution in [3.05, 3.63) is 36.1 Å². The van der Waals surface area contributed by atoms with Crippen LogP contribution in [0.15, 0.2) is 36.1 Å². The van der Waals surface area contributed by atoms with E-state index in [0.717, 1.165) is 6.08 Å². The second-order valence-corrected chi connectivity index (χ2v) is 6.00. The fourth-order valence-electron chi connectivity index (χ4n) is 1.60. The van der Waals surface area contributed by atoms with E-state index >= 15 is 0 Å². The molecule has 0 aliphatic heterocycles. The smallest absolute Gasteiger partial charge is 0.333 e. The minimum atomic E-state index is -1.22. The van der Waals surface area contributed by atoms with E-state index in [0.29, 0.717) is 0 Å². The summed E-state index contributed by atoms with van der Waals surface area (Å²) in [6, 6.07) is 0. The van der Waals surface area contributed by atoms with Crippen LogP contribution >= 0.6 is 0 Å². The zero-order chi connectivity index (χ0) is 17.7. The van der Waals surface area contributed by atoms with E-state index in [1.807, 2.05) is 0 Å². The fourth-order valence-corrected chi connectivity index (χ4v) is 1.60. The second kappa shape index (κ2) is 7.59. The van der Waals surface area contributed by atoms with Crippen molar-refractivity contribution in [3.8, 4) is 0 Å². The average Bonchev–Trinajstić information content (AvgIpc) is 2.33. The molecule has 6 heteroatoms. The topological polar surface area (TPSA) is 94.9 Å². The zero-order valence-electron chi connectivity index (χ0n) is 13.6. The van der Waals surface area contributed by atoms with Gasteiger partial charge in [0.05, 0.1) is 5.57 Å². The van der Waals surface area contributed by atoms with E-state index in [-0.39, 0.29) is 17.1 Å². The monoisotopic (exact) mass is 309 g/mol. The highest BCUT2D eigenvalue weighted by molar-refractivity contribution is 5.95. The van der Waals surface area contributed by atoms with E-state index in [1.54, 1.807) is 34.6 Å². The molecule has 1 unspecified atom stereocenters. The van der Waals surface area contributed by atoms with E-state index in [1.165, 1.54) is 17.2 Å². The number of rotatable bonds is 6. The van der Waals surface area contributed by atoms with Crippen LogP contribution in [-0.2, 0) is 14.4 Å². The van der Waals surface area contributed by atoms with Gasteiger partial charge in [-0.15, -0.1) is 0 Å². The molecule has 2 N–H and O–H groups in total. The van der Waals surface area contributed by atoms with Gasteiger partial charge in [-0.05, 0) is 27.7 Å². The van der Waals surface area contributed by atoms with Gasteiger partial charge in [0.15, 0.2) is 0 Å². The van der Waals surface area contributed by atoms with Gasteiger partial charge in [0.2, 0.25) is 0 Å². The molecule has 0 saturated heterocycles. The van der Waals surface area contributed by atoms with Gasteiger partial charge in [0.1, 0.15) is 0 Å². The van der Waals surface area contributed by atoms with E-state index in [9.17, 15) is 19.5 Å². The molecule has 0 fully saturated rings. The zero-order valence-corrected chi connectivity index (χ0v) is 13.6. The number of carboxylic acids is 2. The summed E-state index contributed by atoms with van der Waals surface area (Å²) < 4.78 is 0. The molecule has 0 aromatic heterocycles. The maximum absolute atomic E-state index is 12.2. The van der Waals surface area contributed by atoms with Crippen LogP contribution in [0.2, 0.25) is 0 Å². The Hall–Kier alpha value is -2.37. The highest BCUT2D eigenvalue weighted by Crippen LogP contribution is 2.21. The van der Waals surface area contributed by atoms with Gasteiger partial charge < -0.3 is 15.1 Å². The molecule has 0 aromatic rings. The molecule has 1 atom stereocenters. The number of carboxylic acid groups (broad SMARTS) is 2. The lowest BCUT2D eigenvalue weighted by Gasteiger charge is -2.33. The number of aliphatic carboxylic acids is 2. The van der Waals surface area contributed by atoms with Crippen LogP contribution in [0.3, 0.4) is 0 Å². The van der Waals surface area contributed by atoms with Gasteiger partial charge >= 0.3 is 11.9 Å². The summed E-state index contributed by atoms with van der Waals surface area (Å²) in [5.41, 5.74) is -0.445. The van der Waals surface area contributed by atoms with Crippen LogP contribution in [0.1, 0.15) is 34.6 Å². The molecule has 122 valence electrons. The lowest BCUT2D eigenvalue weighted by atomic mass is 9.99. The predicted molar refractivity (Wildman–Crippen MR) is 83.1 cm³/mol. The van der Waals surface area contributed by atoms with Gasteiger partial charge in [0, 0.05) is 29.3 Å². The molecule has 0 heterocycles. The first-order chi connectivity index (χ1) is 9.87. The van der Waals surface area contributed by atoms with Crippen molar-refractivity contribution in [2.75, 3.05) is 0 Å². The molecule has 0 radical (unpaired) electrons. The van der Waals surface area contributed by atoms with E-state index in [4.69, 9.17) is 5.11 Å². The first-order valence-electron chi connectivity index (χ1n) is 6.73. The predicted octanol–water partition coefficient (Wildman–Crippen LogP) is 2.44. The summed E-state index contributed by atoms with van der Waals surface area (Å²) in [5, 5.41) is 18.0. The van der Waals surface area contributed by atoms with Gasteiger partial charge in [-0.25, -0.2) is 9.59 Å². The van der Waals surface area contributed by atoms with Crippen molar-refractivity contribution in [2.45, 2.75) is 40.2 Å². The van der Waals surface area contributed by atoms with Crippen LogP contribution < -0.4 is 0 Å². The quantitative estimate of drug-likeness (QED) is 0.735. The van der Waals surface area contributed by atoms with Gasteiger partial charge in [0.25, 0.3) is 5.91 Å². The highest BCUT2D eigenvalue weighted by Gasteiger charge is 2.27. The van der Waals surface area contributed by atoms with Crippen LogP contribution in [0.5, 0.6) is 0 Å². The maximum atomic E-state index is 12.2. The minimum Gasteiger partial charge on any atom is -0.478 e. The summed E-state index contributed by atoms with van der Waals surface area (Å²) in [7, 11) is 0. The third-order valence-corrected chi connectivity index (χ3v) is 2.84. The number of allylic oxidation sites excluding steroid dienone is 1. The largest absolute Gasteiger partial charge is 0.478 e. The van der Waals surface area contributed by atoms with Crippen molar-refractivity contribution < 1.29 is 24.6 Å². The Labute approximate surface area is 130 Å². The SMILES string of the molecule is C=C(C)C(=O)N(C=C(C(=O)O)C(C)C=CC(=O)O)C(C)(C)C. The third kappa shape index (κ3) is 5.95. The lowest BCUT2D eigenvalue weighted by molar-refractivity contribution is -0.134. The number of hydrogen-bond donors (Lipinski definition) is 2. The molecular formula is C16H23NO5.